The zero-order valence-corrected chi connectivity index (χ0v) is 23.2. The van der Waals surface area contributed by atoms with Crippen molar-refractivity contribution >= 4 is 14.1 Å². The Kier molecular flexibility index (Phi) is 87.0. The molecular formula is C22H55AlO4Ti. The average molecular weight is 459 g/mol. The molecule has 0 aliphatic rings. The molecular weight excluding hydrogens is 403 g/mol. The van der Waals surface area contributed by atoms with Crippen LogP contribution in [0.1, 0.15) is 99.8 Å². The Morgan fingerprint density at radius 1 is 0.429 bits per heavy atom. The molecule has 0 saturated heterocycles. The van der Waals surface area contributed by atoms with Crippen molar-refractivity contribution in [1.29, 1.82) is 0 Å². The van der Waals surface area contributed by atoms with Crippen molar-refractivity contribution in [3.63, 3.8) is 0 Å². The molecule has 0 amide bonds. The van der Waals surface area contributed by atoms with Gasteiger partial charge in [0.2, 0.25) is 0 Å². The first-order valence-corrected chi connectivity index (χ1v) is 13.9. The molecule has 0 aromatic heterocycles. The van der Waals surface area contributed by atoms with Crippen LogP contribution in [-0.4, -0.2) is 61.0 Å². The predicted molar refractivity (Wildman–Crippen MR) is 125 cm³/mol. The number of aliphatic hydroxyl groups excluding tert-OH is 4. The van der Waals surface area contributed by atoms with Gasteiger partial charge in [-0.3, -0.25) is 0 Å². The van der Waals surface area contributed by atoms with Crippen LogP contribution < -0.4 is 0 Å². The summed E-state index contributed by atoms with van der Waals surface area (Å²) in [6, 6.07) is 0. The maximum absolute atomic E-state index is 8.07. The second-order valence-corrected chi connectivity index (χ2v) is 10.6. The molecule has 0 aliphatic carbocycles. The number of hydrogen-bond donors (Lipinski definition) is 4. The molecule has 174 valence electrons. The summed E-state index contributed by atoms with van der Waals surface area (Å²) in [5.74, 6) is 0. The van der Waals surface area contributed by atoms with Crippen LogP contribution in [0.3, 0.4) is 0 Å². The Morgan fingerprint density at radius 2 is 0.607 bits per heavy atom. The molecule has 6 heteroatoms. The molecule has 0 saturated carbocycles. The molecule has 0 spiro atoms. The topological polar surface area (TPSA) is 80.9 Å². The maximum atomic E-state index is 8.07. The molecule has 0 unspecified atom stereocenters. The summed E-state index contributed by atoms with van der Waals surface area (Å²) in [6.45, 7) is 16.6. The second kappa shape index (κ2) is 56.6. The van der Waals surface area contributed by atoms with Gasteiger partial charge >= 0.3 is 0 Å². The zero-order valence-electron chi connectivity index (χ0n) is 20.5. The SMILES string of the molecule is CCCCO.CCCCO.CCCCO.CCCCO.C[CH2][Al]([CH2]C)[CH2]C.[Ti]. The molecule has 4 N–H and O–H groups in total. The Morgan fingerprint density at radius 3 is 0.607 bits per heavy atom. The smallest absolute Gasteiger partial charge is 0.261 e. The van der Waals surface area contributed by atoms with Gasteiger partial charge in [-0.1, -0.05) is 90.0 Å². The standard InChI is InChI=1S/4C4H10O.3C2H5.Al.Ti/c4*1-2-3-4-5;3*1-2;;/h4*5H,2-4H2,1H3;3*1H2,2H3;;. The molecule has 0 aliphatic heterocycles. The number of hydrogen-bond acceptors (Lipinski definition) is 4. The van der Waals surface area contributed by atoms with Crippen molar-refractivity contribution in [1.82, 2.24) is 0 Å². The van der Waals surface area contributed by atoms with Gasteiger partial charge in [0.15, 0.2) is 0 Å². The summed E-state index contributed by atoms with van der Waals surface area (Å²) < 4.78 is 0. The van der Waals surface area contributed by atoms with E-state index >= 15 is 0 Å². The largest absolute Gasteiger partial charge is 0.396 e. The third-order valence-electron chi connectivity index (χ3n) is 3.78. The minimum atomic E-state index is -0.171. The maximum Gasteiger partial charge on any atom is 0.261 e. The molecule has 4 nitrogen and oxygen atoms in total. The summed E-state index contributed by atoms with van der Waals surface area (Å²) in [5.41, 5.74) is 0. The Labute approximate surface area is 197 Å². The average Bonchev–Trinajstić information content (AvgIpc) is 2.68. The minimum absolute atomic E-state index is 0. The first-order chi connectivity index (χ1) is 13.0. The Hall–Kier alpha value is 1.09. The number of rotatable bonds is 11. The fourth-order valence-electron chi connectivity index (χ4n) is 1.50. The molecule has 28 heavy (non-hydrogen) atoms. The van der Waals surface area contributed by atoms with E-state index in [1.54, 1.807) is 0 Å². The van der Waals surface area contributed by atoms with Crippen LogP contribution in [0.2, 0.25) is 15.8 Å². The van der Waals surface area contributed by atoms with Gasteiger partial charge in [0.1, 0.15) is 0 Å². The molecule has 0 atom stereocenters. The predicted octanol–water partition coefficient (Wildman–Crippen LogP) is 5.65. The minimum Gasteiger partial charge on any atom is -0.396 e. The van der Waals surface area contributed by atoms with Crippen molar-refractivity contribution in [2.24, 2.45) is 0 Å². The molecule has 0 bridgehead atoms. The van der Waals surface area contributed by atoms with Crippen molar-refractivity contribution in [2.45, 2.75) is 116 Å². The van der Waals surface area contributed by atoms with Crippen molar-refractivity contribution in [2.75, 3.05) is 26.4 Å². The molecule has 0 rings (SSSR count). The van der Waals surface area contributed by atoms with E-state index in [0.29, 0.717) is 26.4 Å². The van der Waals surface area contributed by atoms with Crippen LogP contribution in [0.4, 0.5) is 0 Å². The molecule has 0 aromatic carbocycles. The van der Waals surface area contributed by atoms with Gasteiger partial charge in [0, 0.05) is 48.1 Å². The monoisotopic (exact) mass is 458 g/mol. The van der Waals surface area contributed by atoms with Gasteiger partial charge in [-0.25, -0.2) is 0 Å². The number of aliphatic hydroxyl groups is 4. The van der Waals surface area contributed by atoms with E-state index in [4.69, 9.17) is 20.4 Å². The van der Waals surface area contributed by atoms with E-state index in [9.17, 15) is 0 Å². The molecule has 0 heterocycles. The quantitative estimate of drug-likeness (QED) is 0.302. The van der Waals surface area contributed by atoms with Crippen LogP contribution >= 0.6 is 0 Å². The summed E-state index contributed by atoms with van der Waals surface area (Å²) in [7, 11) is 0. The van der Waals surface area contributed by atoms with E-state index in [-0.39, 0.29) is 35.9 Å². The van der Waals surface area contributed by atoms with E-state index in [1.165, 1.54) is 15.8 Å². The summed E-state index contributed by atoms with van der Waals surface area (Å²) in [6.07, 6.45) is 8.15. The molecule has 0 fully saturated rings. The Bertz CT molecular complexity index is 137. The van der Waals surface area contributed by atoms with Crippen molar-refractivity contribution in [3.8, 4) is 0 Å². The molecule has 0 radical (unpaired) electrons. The van der Waals surface area contributed by atoms with Crippen LogP contribution in [0, 0.1) is 0 Å². The van der Waals surface area contributed by atoms with Gasteiger partial charge in [0.05, 0.1) is 0 Å². The van der Waals surface area contributed by atoms with Gasteiger partial charge in [-0.05, 0) is 25.7 Å². The normalized spacial score (nSPS) is 8.25. The third-order valence-corrected chi connectivity index (χ3v) is 7.24. The van der Waals surface area contributed by atoms with Gasteiger partial charge < -0.3 is 20.4 Å². The van der Waals surface area contributed by atoms with Crippen LogP contribution in [-0.2, 0) is 21.7 Å². The summed E-state index contributed by atoms with van der Waals surface area (Å²) in [4.78, 5) is 0. The van der Waals surface area contributed by atoms with E-state index in [2.05, 4.69) is 48.5 Å². The second-order valence-electron chi connectivity index (χ2n) is 6.40. The van der Waals surface area contributed by atoms with Gasteiger partial charge in [-0.15, -0.1) is 0 Å². The summed E-state index contributed by atoms with van der Waals surface area (Å²) in [5, 5.41) is 36.7. The third kappa shape index (κ3) is 81.0. The number of unbranched alkanes of at least 4 members (excludes halogenated alkanes) is 4. The van der Waals surface area contributed by atoms with Gasteiger partial charge in [0.25, 0.3) is 14.1 Å². The first-order valence-electron chi connectivity index (χ1n) is 11.4. The van der Waals surface area contributed by atoms with Crippen LogP contribution in [0.15, 0.2) is 0 Å². The van der Waals surface area contributed by atoms with E-state index in [1.807, 2.05) is 0 Å². The van der Waals surface area contributed by atoms with Crippen molar-refractivity contribution < 1.29 is 42.1 Å². The molecule has 0 aromatic rings. The zero-order chi connectivity index (χ0) is 22.2. The van der Waals surface area contributed by atoms with Crippen LogP contribution in [0.25, 0.3) is 0 Å². The van der Waals surface area contributed by atoms with E-state index < -0.39 is 0 Å². The van der Waals surface area contributed by atoms with Crippen LogP contribution in [0.5, 0.6) is 0 Å². The van der Waals surface area contributed by atoms with E-state index in [0.717, 1.165) is 51.4 Å². The van der Waals surface area contributed by atoms with Crippen molar-refractivity contribution in [3.05, 3.63) is 0 Å². The summed E-state index contributed by atoms with van der Waals surface area (Å²) >= 11 is -0.171. The Balaban J connectivity index is -0.0000000540. The fraction of sp³-hybridized carbons (Fsp3) is 1.00. The van der Waals surface area contributed by atoms with Gasteiger partial charge in [-0.2, -0.15) is 0 Å². The first kappa shape index (κ1) is 43.0. The fourth-order valence-corrected chi connectivity index (χ4v) is 3.23.